The lowest BCUT2D eigenvalue weighted by Crippen LogP contribution is -2.32. The van der Waals surface area contributed by atoms with E-state index in [-0.39, 0.29) is 6.61 Å². The van der Waals surface area contributed by atoms with Crippen LogP contribution in [0.4, 0.5) is 0 Å². The Kier molecular flexibility index (Phi) is 6.90. The van der Waals surface area contributed by atoms with Gasteiger partial charge in [-0.2, -0.15) is 0 Å². The van der Waals surface area contributed by atoms with Crippen molar-refractivity contribution in [3.05, 3.63) is 54.1 Å². The molecule has 1 N–H and O–H groups in total. The van der Waals surface area contributed by atoms with Gasteiger partial charge in [-0.1, -0.05) is 12.1 Å². The molecule has 0 aromatic heterocycles. The molecule has 0 aliphatic heterocycles. The first-order chi connectivity index (χ1) is 11.6. The molecule has 0 saturated heterocycles. The molecule has 2 aromatic carbocycles. The second-order valence-electron chi connectivity index (χ2n) is 5.69. The van der Waals surface area contributed by atoms with Gasteiger partial charge < -0.3 is 19.3 Å². The summed E-state index contributed by atoms with van der Waals surface area (Å²) in [5.74, 6) is 2.33. The highest BCUT2D eigenvalue weighted by molar-refractivity contribution is 5.31. The van der Waals surface area contributed by atoms with E-state index in [1.165, 1.54) is 0 Å². The summed E-state index contributed by atoms with van der Waals surface area (Å²) in [6, 6.07) is 15.2. The molecule has 0 spiro atoms. The summed E-state index contributed by atoms with van der Waals surface area (Å²) >= 11 is 0. The molecule has 0 radical (unpaired) electrons. The summed E-state index contributed by atoms with van der Waals surface area (Å²) in [6.07, 6.45) is -0.567. The molecule has 24 heavy (non-hydrogen) atoms. The molecule has 5 nitrogen and oxygen atoms in total. The Morgan fingerprint density at radius 2 is 1.62 bits per heavy atom. The Morgan fingerprint density at radius 1 is 0.958 bits per heavy atom. The van der Waals surface area contributed by atoms with E-state index in [0.29, 0.717) is 12.3 Å². The van der Waals surface area contributed by atoms with Crippen LogP contribution >= 0.6 is 0 Å². The van der Waals surface area contributed by atoms with Gasteiger partial charge in [0.1, 0.15) is 30.0 Å². The number of hydrogen-bond acceptors (Lipinski definition) is 5. The van der Waals surface area contributed by atoms with E-state index in [0.717, 1.165) is 23.6 Å². The fraction of sp³-hybridized carbons (Fsp3) is 0.368. The Hall–Kier alpha value is -2.24. The minimum absolute atomic E-state index is 0.245. The van der Waals surface area contributed by atoms with Crippen molar-refractivity contribution in [3.8, 4) is 17.2 Å². The van der Waals surface area contributed by atoms with Crippen molar-refractivity contribution in [2.45, 2.75) is 12.6 Å². The van der Waals surface area contributed by atoms with Crippen LogP contribution in [-0.2, 0) is 6.54 Å². The molecular weight excluding hydrogens is 306 g/mol. The monoisotopic (exact) mass is 331 g/mol. The molecule has 1 unspecified atom stereocenters. The third-order valence-corrected chi connectivity index (χ3v) is 3.61. The van der Waals surface area contributed by atoms with Crippen LogP contribution < -0.4 is 14.2 Å². The van der Waals surface area contributed by atoms with Gasteiger partial charge in [0, 0.05) is 13.1 Å². The van der Waals surface area contributed by atoms with Crippen molar-refractivity contribution in [1.29, 1.82) is 0 Å². The maximum Gasteiger partial charge on any atom is 0.119 e. The Labute approximate surface area is 143 Å². The van der Waals surface area contributed by atoms with Gasteiger partial charge in [-0.15, -0.1) is 0 Å². The van der Waals surface area contributed by atoms with Crippen LogP contribution in [0.1, 0.15) is 5.56 Å². The van der Waals surface area contributed by atoms with Crippen LogP contribution in [0.15, 0.2) is 48.5 Å². The predicted molar refractivity (Wildman–Crippen MR) is 93.8 cm³/mol. The van der Waals surface area contributed by atoms with Crippen LogP contribution in [-0.4, -0.2) is 50.5 Å². The first kappa shape index (κ1) is 18.1. The van der Waals surface area contributed by atoms with Crippen molar-refractivity contribution in [1.82, 2.24) is 4.90 Å². The van der Waals surface area contributed by atoms with Crippen LogP contribution in [0.5, 0.6) is 17.2 Å². The summed E-state index contributed by atoms with van der Waals surface area (Å²) in [4.78, 5) is 2.05. The van der Waals surface area contributed by atoms with E-state index < -0.39 is 6.10 Å². The third-order valence-electron chi connectivity index (χ3n) is 3.61. The van der Waals surface area contributed by atoms with Crippen molar-refractivity contribution >= 4 is 0 Å². The number of nitrogens with zero attached hydrogens (tertiary/aromatic N) is 1. The van der Waals surface area contributed by atoms with Crippen LogP contribution in [0.2, 0.25) is 0 Å². The van der Waals surface area contributed by atoms with Gasteiger partial charge in [0.15, 0.2) is 0 Å². The lowest BCUT2D eigenvalue weighted by atomic mass is 10.2. The zero-order valence-electron chi connectivity index (χ0n) is 14.4. The second kappa shape index (κ2) is 9.15. The molecule has 0 aliphatic carbocycles. The summed E-state index contributed by atoms with van der Waals surface area (Å²) in [6.45, 7) is 1.50. The molecule has 0 fully saturated rings. The molecule has 2 rings (SSSR count). The molecule has 0 heterocycles. The van der Waals surface area contributed by atoms with Crippen molar-refractivity contribution in [3.63, 3.8) is 0 Å². The summed E-state index contributed by atoms with van der Waals surface area (Å²) in [7, 11) is 5.25. The summed E-state index contributed by atoms with van der Waals surface area (Å²) in [5, 5.41) is 10.1. The van der Waals surface area contributed by atoms with Gasteiger partial charge in [-0.05, 0) is 49.0 Å². The number of aliphatic hydroxyl groups excluding tert-OH is 1. The Balaban J connectivity index is 1.77. The van der Waals surface area contributed by atoms with Crippen molar-refractivity contribution in [2.75, 3.05) is 34.4 Å². The van der Waals surface area contributed by atoms with Crippen molar-refractivity contribution in [2.24, 2.45) is 0 Å². The smallest absolute Gasteiger partial charge is 0.119 e. The number of hydrogen-bond donors (Lipinski definition) is 1. The highest BCUT2D eigenvalue weighted by Crippen LogP contribution is 2.17. The lowest BCUT2D eigenvalue weighted by Gasteiger charge is -2.21. The molecule has 0 aliphatic rings. The average molecular weight is 331 g/mol. The third kappa shape index (κ3) is 5.76. The molecular formula is C19H25NO4. The summed E-state index contributed by atoms with van der Waals surface area (Å²) in [5.41, 5.74) is 1.14. The lowest BCUT2D eigenvalue weighted by molar-refractivity contribution is 0.0743. The molecule has 2 aromatic rings. The average Bonchev–Trinajstić information content (AvgIpc) is 2.60. The summed E-state index contributed by atoms with van der Waals surface area (Å²) < 4.78 is 15.9. The maximum absolute atomic E-state index is 10.1. The van der Waals surface area contributed by atoms with E-state index in [4.69, 9.17) is 14.2 Å². The standard InChI is InChI=1S/C19H25NO4/c1-20(12-15-5-4-6-19(11-15)23-3)13-16(21)14-24-18-9-7-17(22-2)8-10-18/h4-11,16,21H,12-14H2,1-3H3. The van der Waals surface area contributed by atoms with Gasteiger partial charge in [0.2, 0.25) is 0 Å². The minimum atomic E-state index is -0.567. The van der Waals surface area contributed by atoms with E-state index in [2.05, 4.69) is 4.90 Å². The van der Waals surface area contributed by atoms with Gasteiger partial charge in [0.25, 0.3) is 0 Å². The van der Waals surface area contributed by atoms with Crippen LogP contribution in [0.25, 0.3) is 0 Å². The molecule has 0 bridgehead atoms. The topological polar surface area (TPSA) is 51.2 Å². The predicted octanol–water partition coefficient (Wildman–Crippen LogP) is 2.58. The fourth-order valence-electron chi connectivity index (χ4n) is 2.42. The van der Waals surface area contributed by atoms with Gasteiger partial charge in [-0.3, -0.25) is 4.90 Å². The van der Waals surface area contributed by atoms with Crippen LogP contribution in [0, 0.1) is 0 Å². The fourth-order valence-corrected chi connectivity index (χ4v) is 2.42. The largest absolute Gasteiger partial charge is 0.497 e. The maximum atomic E-state index is 10.1. The number of likely N-dealkylation sites (N-methyl/N-ethyl adjacent to an activating group) is 1. The zero-order chi connectivity index (χ0) is 17.4. The molecule has 0 amide bonds. The quantitative estimate of drug-likeness (QED) is 0.765. The first-order valence-corrected chi connectivity index (χ1v) is 7.87. The molecule has 130 valence electrons. The van der Waals surface area contributed by atoms with Gasteiger partial charge in [0.05, 0.1) is 14.2 Å². The van der Waals surface area contributed by atoms with E-state index in [9.17, 15) is 5.11 Å². The Bertz CT molecular complexity index is 615. The van der Waals surface area contributed by atoms with Gasteiger partial charge >= 0.3 is 0 Å². The molecule has 0 saturated carbocycles. The SMILES string of the molecule is COc1ccc(OCC(O)CN(C)Cc2cccc(OC)c2)cc1. The number of aliphatic hydroxyl groups is 1. The highest BCUT2D eigenvalue weighted by atomic mass is 16.5. The van der Waals surface area contributed by atoms with Crippen molar-refractivity contribution < 1.29 is 19.3 Å². The Morgan fingerprint density at radius 3 is 2.29 bits per heavy atom. The number of rotatable bonds is 9. The zero-order valence-corrected chi connectivity index (χ0v) is 14.4. The number of methoxy groups -OCH3 is 2. The van der Waals surface area contributed by atoms with Crippen LogP contribution in [0.3, 0.4) is 0 Å². The first-order valence-electron chi connectivity index (χ1n) is 7.87. The molecule has 5 heteroatoms. The minimum Gasteiger partial charge on any atom is -0.497 e. The highest BCUT2D eigenvalue weighted by Gasteiger charge is 2.10. The number of benzene rings is 2. The van der Waals surface area contributed by atoms with Gasteiger partial charge in [-0.25, -0.2) is 0 Å². The van der Waals surface area contributed by atoms with E-state index in [1.807, 2.05) is 55.6 Å². The normalized spacial score (nSPS) is 12.0. The number of ether oxygens (including phenoxy) is 3. The second-order valence-corrected chi connectivity index (χ2v) is 5.69. The molecule has 1 atom stereocenters. The van der Waals surface area contributed by atoms with E-state index >= 15 is 0 Å². The van der Waals surface area contributed by atoms with E-state index in [1.54, 1.807) is 14.2 Å².